The summed E-state index contributed by atoms with van der Waals surface area (Å²) in [5, 5.41) is 7.86. The molecule has 1 aliphatic heterocycles. The second-order valence-corrected chi connectivity index (χ2v) is 8.63. The first-order chi connectivity index (χ1) is 16.5. The van der Waals surface area contributed by atoms with Crippen molar-refractivity contribution in [2.45, 2.75) is 32.4 Å². The van der Waals surface area contributed by atoms with Crippen LogP contribution in [0.15, 0.2) is 51.9 Å². The Labute approximate surface area is 199 Å². The molecule has 9 nitrogen and oxygen atoms in total. The number of rotatable bonds is 6. The summed E-state index contributed by atoms with van der Waals surface area (Å²) in [6, 6.07) is 10.4. The van der Waals surface area contributed by atoms with Gasteiger partial charge in [0, 0.05) is 35.6 Å². The van der Waals surface area contributed by atoms with Crippen molar-refractivity contribution in [3.8, 4) is 22.8 Å². The molecule has 1 N–H and O–H groups in total. The molecule has 0 saturated carbocycles. The van der Waals surface area contributed by atoms with E-state index in [1.807, 2.05) is 6.92 Å². The van der Waals surface area contributed by atoms with Crippen molar-refractivity contribution < 1.29 is 14.1 Å². The van der Waals surface area contributed by atoms with Crippen LogP contribution < -0.4 is 10.7 Å². The fourth-order valence-corrected chi connectivity index (χ4v) is 4.05. The minimum absolute atomic E-state index is 0.0227. The summed E-state index contributed by atoms with van der Waals surface area (Å²) in [5.41, 5.74) is 1.74. The number of aromatic nitrogens is 4. The number of fused-ring (bicyclic) bond motifs is 1. The summed E-state index contributed by atoms with van der Waals surface area (Å²) in [5.74, 6) is 0.182. The number of nitrogens with one attached hydrogen (secondary N) is 1. The third-order valence-corrected chi connectivity index (χ3v) is 5.94. The first-order valence-electron chi connectivity index (χ1n) is 11.0. The lowest BCUT2D eigenvalue weighted by molar-refractivity contribution is -0.122. The maximum atomic E-state index is 13.3. The molecule has 1 fully saturated rings. The number of hydrogen-bond acceptors (Lipinski definition) is 7. The molecule has 0 aliphatic carbocycles. The molecule has 1 aromatic carbocycles. The normalized spacial score (nSPS) is 15.6. The molecule has 4 heterocycles. The largest absolute Gasteiger partial charge is 0.376 e. The van der Waals surface area contributed by atoms with Crippen molar-refractivity contribution in [3.63, 3.8) is 0 Å². The van der Waals surface area contributed by atoms with Crippen molar-refractivity contribution in [3.05, 3.63) is 63.5 Å². The Morgan fingerprint density at radius 2 is 2.03 bits per heavy atom. The second kappa shape index (κ2) is 9.36. The van der Waals surface area contributed by atoms with Gasteiger partial charge in [-0.3, -0.25) is 9.59 Å². The van der Waals surface area contributed by atoms with Gasteiger partial charge in [0.15, 0.2) is 0 Å². The Morgan fingerprint density at radius 3 is 2.79 bits per heavy atom. The van der Waals surface area contributed by atoms with Crippen molar-refractivity contribution in [1.82, 2.24) is 25.0 Å². The molecule has 0 bridgehead atoms. The number of hydrogen-bond donors (Lipinski definition) is 1. The number of ether oxygens (including phenoxy) is 1. The zero-order valence-electron chi connectivity index (χ0n) is 18.5. The second-order valence-electron chi connectivity index (χ2n) is 8.19. The summed E-state index contributed by atoms with van der Waals surface area (Å²) < 4.78 is 12.6. The van der Waals surface area contributed by atoms with Crippen LogP contribution in [-0.4, -0.2) is 44.9 Å². The van der Waals surface area contributed by atoms with Crippen LogP contribution in [0.4, 0.5) is 0 Å². The highest BCUT2D eigenvalue weighted by Crippen LogP contribution is 2.23. The summed E-state index contributed by atoms with van der Waals surface area (Å²) in [6.07, 6.45) is 3.51. The molecule has 5 rings (SSSR count). The van der Waals surface area contributed by atoms with Gasteiger partial charge in [0.25, 0.3) is 5.89 Å². The molecule has 3 aromatic heterocycles. The molecule has 10 heteroatoms. The maximum Gasteiger partial charge on any atom is 0.263 e. The van der Waals surface area contributed by atoms with Crippen LogP contribution in [0.3, 0.4) is 0 Å². The summed E-state index contributed by atoms with van der Waals surface area (Å²) in [6.45, 7) is 2.98. The summed E-state index contributed by atoms with van der Waals surface area (Å²) in [4.78, 5) is 34.8. The van der Waals surface area contributed by atoms with Crippen molar-refractivity contribution in [2.24, 2.45) is 0 Å². The van der Waals surface area contributed by atoms with Gasteiger partial charge < -0.3 is 19.1 Å². The lowest BCUT2D eigenvalue weighted by Gasteiger charge is -2.14. The third-order valence-electron chi connectivity index (χ3n) is 5.68. The molecule has 0 unspecified atom stereocenters. The molecule has 174 valence electrons. The molecule has 0 radical (unpaired) electrons. The minimum atomic E-state index is -0.301. The summed E-state index contributed by atoms with van der Waals surface area (Å²) in [7, 11) is 0. The van der Waals surface area contributed by atoms with Gasteiger partial charge in [-0.25, -0.2) is 4.98 Å². The van der Waals surface area contributed by atoms with E-state index in [0.717, 1.165) is 25.1 Å². The molecular formula is C24H22ClN5O4. The Balaban J connectivity index is 1.49. The number of nitrogens with zero attached hydrogens (tertiary/aromatic N) is 4. The van der Waals surface area contributed by atoms with Gasteiger partial charge in [-0.05, 0) is 56.2 Å². The average molecular weight is 480 g/mol. The standard InChI is InChI=1S/C24H22ClN5O4/c1-14-4-9-18-21(32)19(24-28-22(29-34-24)15-5-7-16(25)8-6-15)12-30(23(18)27-14)13-20(31)26-11-17-3-2-10-33-17/h4-9,12,17H,2-3,10-11,13H2,1H3,(H,26,31)/t17-/m0/s1. The predicted octanol–water partition coefficient (Wildman–Crippen LogP) is 3.37. The van der Waals surface area contributed by atoms with Gasteiger partial charge in [-0.1, -0.05) is 16.8 Å². The van der Waals surface area contributed by atoms with Crippen molar-refractivity contribution in [2.75, 3.05) is 13.2 Å². The smallest absolute Gasteiger partial charge is 0.263 e. The molecular weight excluding hydrogens is 458 g/mol. The van der Waals surface area contributed by atoms with Crippen molar-refractivity contribution in [1.29, 1.82) is 0 Å². The van der Waals surface area contributed by atoms with E-state index in [4.69, 9.17) is 20.9 Å². The van der Waals surface area contributed by atoms with E-state index in [1.165, 1.54) is 0 Å². The minimum Gasteiger partial charge on any atom is -0.376 e. The molecule has 1 aliphatic rings. The molecule has 1 amide bonds. The Morgan fingerprint density at radius 1 is 1.21 bits per heavy atom. The van der Waals surface area contributed by atoms with Gasteiger partial charge in [-0.15, -0.1) is 0 Å². The number of halogens is 1. The fourth-order valence-electron chi connectivity index (χ4n) is 3.93. The topological polar surface area (TPSA) is 112 Å². The Kier molecular flexibility index (Phi) is 6.12. The highest BCUT2D eigenvalue weighted by Gasteiger charge is 2.20. The molecule has 0 spiro atoms. The molecule has 1 saturated heterocycles. The van der Waals surface area contributed by atoms with E-state index in [9.17, 15) is 9.59 Å². The van der Waals surface area contributed by atoms with E-state index in [1.54, 1.807) is 47.2 Å². The van der Waals surface area contributed by atoms with Crippen LogP contribution in [0.25, 0.3) is 33.9 Å². The van der Waals surface area contributed by atoms with Crippen LogP contribution in [0.5, 0.6) is 0 Å². The van der Waals surface area contributed by atoms with Gasteiger partial charge in [0.1, 0.15) is 17.8 Å². The number of aryl methyl sites for hydroxylation is 1. The number of carbonyl (C=O) groups excluding carboxylic acids is 1. The van der Waals surface area contributed by atoms with Gasteiger partial charge >= 0.3 is 0 Å². The van der Waals surface area contributed by atoms with Crippen LogP contribution in [0.1, 0.15) is 18.5 Å². The van der Waals surface area contributed by atoms with Crippen molar-refractivity contribution >= 4 is 28.5 Å². The fraction of sp³-hybridized carbons (Fsp3) is 0.292. The van der Waals surface area contributed by atoms with E-state index < -0.39 is 0 Å². The number of carbonyl (C=O) groups is 1. The number of pyridine rings is 2. The van der Waals surface area contributed by atoms with Gasteiger partial charge in [0.2, 0.25) is 17.2 Å². The van der Waals surface area contributed by atoms with Crippen LogP contribution in [0, 0.1) is 6.92 Å². The Hall–Kier alpha value is -3.56. The maximum absolute atomic E-state index is 13.3. The zero-order chi connectivity index (χ0) is 23.7. The van der Waals surface area contributed by atoms with E-state index in [-0.39, 0.29) is 35.4 Å². The zero-order valence-corrected chi connectivity index (χ0v) is 19.2. The lowest BCUT2D eigenvalue weighted by Crippen LogP contribution is -2.34. The van der Waals surface area contributed by atoms with E-state index >= 15 is 0 Å². The third kappa shape index (κ3) is 4.57. The summed E-state index contributed by atoms with van der Waals surface area (Å²) >= 11 is 5.95. The highest BCUT2D eigenvalue weighted by molar-refractivity contribution is 6.30. The van der Waals surface area contributed by atoms with Gasteiger partial charge in [0.05, 0.1) is 11.5 Å². The first-order valence-corrected chi connectivity index (χ1v) is 11.3. The quantitative estimate of drug-likeness (QED) is 0.451. The number of amides is 1. The molecule has 34 heavy (non-hydrogen) atoms. The highest BCUT2D eigenvalue weighted by atomic mass is 35.5. The molecule has 4 aromatic rings. The van der Waals surface area contributed by atoms with Crippen LogP contribution in [-0.2, 0) is 16.1 Å². The van der Waals surface area contributed by atoms with E-state index in [2.05, 4.69) is 20.4 Å². The SMILES string of the molecule is Cc1ccc2c(=O)c(-c3nc(-c4ccc(Cl)cc4)no3)cn(CC(=O)NC[C@@H]3CCCO3)c2n1. The average Bonchev–Trinajstić information content (AvgIpc) is 3.52. The van der Waals surface area contributed by atoms with Crippen LogP contribution >= 0.6 is 11.6 Å². The van der Waals surface area contributed by atoms with Gasteiger partial charge in [-0.2, -0.15) is 4.98 Å². The number of benzene rings is 1. The predicted molar refractivity (Wildman–Crippen MR) is 126 cm³/mol. The van der Waals surface area contributed by atoms with Crippen LogP contribution in [0.2, 0.25) is 5.02 Å². The monoisotopic (exact) mass is 479 g/mol. The lowest BCUT2D eigenvalue weighted by atomic mass is 10.1. The molecule has 1 atom stereocenters. The Bertz CT molecular complexity index is 1410. The van der Waals surface area contributed by atoms with E-state index in [0.29, 0.717) is 34.0 Å². The first kappa shape index (κ1) is 22.2.